The first kappa shape index (κ1) is 23.1. The summed E-state index contributed by atoms with van der Waals surface area (Å²) < 4.78 is 10.9. The number of nitrogens with zero attached hydrogens (tertiary/aromatic N) is 2. The van der Waals surface area contributed by atoms with Crippen LogP contribution in [0.2, 0.25) is 10.0 Å². The molecule has 2 amide bonds. The van der Waals surface area contributed by atoms with E-state index in [1.165, 1.54) is 32.0 Å². The van der Waals surface area contributed by atoms with Gasteiger partial charge in [-0.2, -0.15) is 0 Å². The summed E-state index contributed by atoms with van der Waals surface area (Å²) in [6, 6.07) is 9.67. The summed E-state index contributed by atoms with van der Waals surface area (Å²) in [5, 5.41) is 14.5. The summed E-state index contributed by atoms with van der Waals surface area (Å²) >= 11 is 14.3. The average molecular weight is 499 g/mol. The van der Waals surface area contributed by atoms with E-state index in [1.54, 1.807) is 30.3 Å². The van der Waals surface area contributed by atoms with Gasteiger partial charge >= 0.3 is 0 Å². The van der Waals surface area contributed by atoms with E-state index in [-0.39, 0.29) is 22.4 Å². The number of carbonyl (C=O) groups is 2. The third kappa shape index (κ3) is 6.23. The highest BCUT2D eigenvalue weighted by Gasteiger charge is 2.16. The summed E-state index contributed by atoms with van der Waals surface area (Å²) in [7, 11) is 2.97. The predicted molar refractivity (Wildman–Crippen MR) is 123 cm³/mol. The number of hydrogen-bond acceptors (Lipinski definition) is 8. The second-order valence-corrected chi connectivity index (χ2v) is 8.93. The minimum atomic E-state index is -0.433. The van der Waals surface area contributed by atoms with Gasteiger partial charge in [0.25, 0.3) is 5.91 Å². The lowest BCUT2D eigenvalue weighted by Crippen LogP contribution is -2.14. The Morgan fingerprint density at radius 2 is 1.68 bits per heavy atom. The molecule has 0 unspecified atom stereocenters. The number of benzene rings is 2. The van der Waals surface area contributed by atoms with Crippen LogP contribution in [0, 0.1) is 0 Å². The van der Waals surface area contributed by atoms with Crippen LogP contribution < -0.4 is 20.1 Å². The first-order valence-corrected chi connectivity index (χ1v) is 11.2. The van der Waals surface area contributed by atoms with Gasteiger partial charge in [-0.05, 0) is 36.4 Å². The molecule has 162 valence electrons. The maximum atomic E-state index is 12.5. The highest BCUT2D eigenvalue weighted by Crippen LogP contribution is 2.30. The standard InChI is InChI=1S/C19H16Cl2N4O4S2/c1-28-14-5-3-10(20)7-12(14)17(27)23-18-24-25-19(31-18)30-9-16(26)22-13-8-11(21)4-6-15(13)29-2/h3-8H,9H2,1-2H3,(H,22,26)(H,23,24,27). The van der Waals surface area contributed by atoms with E-state index in [2.05, 4.69) is 20.8 Å². The second kappa shape index (κ2) is 10.7. The lowest BCUT2D eigenvalue weighted by atomic mass is 10.2. The van der Waals surface area contributed by atoms with Crippen LogP contribution in [0.5, 0.6) is 11.5 Å². The van der Waals surface area contributed by atoms with Crippen molar-refractivity contribution in [3.05, 3.63) is 52.0 Å². The Morgan fingerprint density at radius 1 is 1.00 bits per heavy atom. The minimum absolute atomic E-state index is 0.0837. The molecule has 0 aliphatic carbocycles. The summed E-state index contributed by atoms with van der Waals surface area (Å²) in [4.78, 5) is 24.8. The molecule has 0 radical (unpaired) electrons. The molecule has 31 heavy (non-hydrogen) atoms. The fraction of sp³-hybridized carbons (Fsp3) is 0.158. The van der Waals surface area contributed by atoms with Gasteiger partial charge in [0, 0.05) is 10.0 Å². The fourth-order valence-electron chi connectivity index (χ4n) is 2.43. The van der Waals surface area contributed by atoms with Gasteiger partial charge < -0.3 is 14.8 Å². The molecule has 0 saturated carbocycles. The zero-order valence-corrected chi connectivity index (χ0v) is 19.4. The molecule has 0 bridgehead atoms. The van der Waals surface area contributed by atoms with Gasteiger partial charge in [0.2, 0.25) is 11.0 Å². The summed E-state index contributed by atoms with van der Waals surface area (Å²) in [5.74, 6) is 0.266. The van der Waals surface area contributed by atoms with Gasteiger partial charge in [-0.25, -0.2) is 0 Å². The molecule has 2 N–H and O–H groups in total. The zero-order valence-electron chi connectivity index (χ0n) is 16.3. The summed E-state index contributed by atoms with van der Waals surface area (Å²) in [5.41, 5.74) is 0.746. The highest BCUT2D eigenvalue weighted by atomic mass is 35.5. The molecule has 0 atom stereocenters. The van der Waals surface area contributed by atoms with Crippen molar-refractivity contribution in [2.45, 2.75) is 4.34 Å². The number of methoxy groups -OCH3 is 2. The third-order valence-corrected chi connectivity index (χ3v) is 6.24. The van der Waals surface area contributed by atoms with Crippen molar-refractivity contribution in [1.29, 1.82) is 0 Å². The third-order valence-electron chi connectivity index (χ3n) is 3.80. The maximum absolute atomic E-state index is 12.5. The number of aromatic nitrogens is 2. The van der Waals surface area contributed by atoms with Crippen molar-refractivity contribution >= 4 is 68.9 Å². The number of carbonyl (C=O) groups excluding carboxylic acids is 2. The zero-order chi connectivity index (χ0) is 22.4. The Kier molecular flexibility index (Phi) is 7.97. The van der Waals surface area contributed by atoms with E-state index < -0.39 is 5.91 Å². The Hall–Kier alpha value is -2.53. The molecule has 12 heteroatoms. The lowest BCUT2D eigenvalue weighted by molar-refractivity contribution is -0.113. The summed E-state index contributed by atoms with van der Waals surface area (Å²) in [6.45, 7) is 0. The van der Waals surface area contributed by atoms with Gasteiger partial charge in [0.1, 0.15) is 11.5 Å². The van der Waals surface area contributed by atoms with Crippen molar-refractivity contribution < 1.29 is 19.1 Å². The number of hydrogen-bond donors (Lipinski definition) is 2. The van der Waals surface area contributed by atoms with E-state index >= 15 is 0 Å². The molecule has 0 spiro atoms. The Bertz CT molecular complexity index is 1110. The van der Waals surface area contributed by atoms with Crippen LogP contribution in [0.4, 0.5) is 10.8 Å². The SMILES string of the molecule is COc1ccc(Cl)cc1NC(=O)CSc1nnc(NC(=O)c2cc(Cl)ccc2OC)s1. The van der Waals surface area contributed by atoms with Gasteiger partial charge in [-0.15, -0.1) is 10.2 Å². The smallest absolute Gasteiger partial charge is 0.261 e. The molecular weight excluding hydrogens is 483 g/mol. The first-order chi connectivity index (χ1) is 14.9. The number of amides is 2. The van der Waals surface area contributed by atoms with Crippen LogP contribution in [-0.4, -0.2) is 42.0 Å². The van der Waals surface area contributed by atoms with Crippen LogP contribution in [0.25, 0.3) is 0 Å². The molecule has 1 aromatic heterocycles. The predicted octanol–water partition coefficient (Wildman–Crippen LogP) is 4.85. The van der Waals surface area contributed by atoms with Crippen LogP contribution in [0.3, 0.4) is 0 Å². The van der Waals surface area contributed by atoms with E-state index in [0.29, 0.717) is 31.6 Å². The molecule has 3 aromatic rings. The second-order valence-electron chi connectivity index (χ2n) is 5.85. The van der Waals surface area contributed by atoms with E-state index in [1.807, 2.05) is 0 Å². The first-order valence-electron chi connectivity index (χ1n) is 8.64. The van der Waals surface area contributed by atoms with Crippen LogP contribution in [0.15, 0.2) is 40.7 Å². The monoisotopic (exact) mass is 498 g/mol. The molecular formula is C19H16Cl2N4O4S2. The summed E-state index contributed by atoms with van der Waals surface area (Å²) in [6.07, 6.45) is 0. The van der Waals surface area contributed by atoms with E-state index in [0.717, 1.165) is 11.3 Å². The number of halogens is 2. The molecule has 0 fully saturated rings. The Morgan fingerprint density at radius 3 is 2.39 bits per heavy atom. The Labute approximate surface area is 196 Å². The van der Waals surface area contributed by atoms with Crippen molar-refractivity contribution in [2.75, 3.05) is 30.6 Å². The number of rotatable bonds is 8. The highest BCUT2D eigenvalue weighted by molar-refractivity contribution is 8.01. The van der Waals surface area contributed by atoms with Crippen molar-refractivity contribution in [3.63, 3.8) is 0 Å². The number of anilines is 2. The fourth-order valence-corrected chi connectivity index (χ4v) is 4.32. The van der Waals surface area contributed by atoms with E-state index in [4.69, 9.17) is 32.7 Å². The van der Waals surface area contributed by atoms with Gasteiger partial charge in [0.15, 0.2) is 4.34 Å². The molecule has 8 nitrogen and oxygen atoms in total. The number of ether oxygens (including phenoxy) is 2. The van der Waals surface area contributed by atoms with Crippen LogP contribution in [-0.2, 0) is 4.79 Å². The molecule has 2 aromatic carbocycles. The van der Waals surface area contributed by atoms with Crippen molar-refractivity contribution in [3.8, 4) is 11.5 Å². The van der Waals surface area contributed by atoms with Crippen molar-refractivity contribution in [2.24, 2.45) is 0 Å². The molecule has 0 saturated heterocycles. The molecule has 0 aliphatic heterocycles. The van der Waals surface area contributed by atoms with Crippen LogP contribution >= 0.6 is 46.3 Å². The van der Waals surface area contributed by atoms with E-state index in [9.17, 15) is 9.59 Å². The van der Waals surface area contributed by atoms with Crippen LogP contribution in [0.1, 0.15) is 10.4 Å². The normalized spacial score (nSPS) is 10.5. The lowest BCUT2D eigenvalue weighted by Gasteiger charge is -2.10. The number of thioether (sulfide) groups is 1. The molecule has 3 rings (SSSR count). The number of nitrogens with one attached hydrogen (secondary N) is 2. The van der Waals surface area contributed by atoms with Gasteiger partial charge in [-0.3, -0.25) is 14.9 Å². The van der Waals surface area contributed by atoms with Gasteiger partial charge in [-0.1, -0.05) is 46.3 Å². The van der Waals surface area contributed by atoms with Gasteiger partial charge in [0.05, 0.1) is 31.2 Å². The molecule has 1 heterocycles. The maximum Gasteiger partial charge on any atom is 0.261 e. The average Bonchev–Trinajstić information content (AvgIpc) is 3.19. The topological polar surface area (TPSA) is 102 Å². The minimum Gasteiger partial charge on any atom is -0.496 e. The Balaban J connectivity index is 1.58. The quantitative estimate of drug-likeness (QED) is 0.338. The van der Waals surface area contributed by atoms with Crippen molar-refractivity contribution in [1.82, 2.24) is 10.2 Å². The molecule has 0 aliphatic rings. The largest absolute Gasteiger partial charge is 0.496 e.